The van der Waals surface area contributed by atoms with E-state index in [1.165, 1.54) is 19.3 Å². The standard InChI is InChI=1S/C21H32N4O4/c1-14-6-18(24-29-14)22-19(26)13-25(4-3-5-28-2)20(27)23-21-10-15-7-16(11-21)9-17(8-15)12-21/h6,15-17H,3-5,7-13H2,1-2H3,(H,23,27)(H,22,24,26). The van der Waals surface area contributed by atoms with E-state index in [2.05, 4.69) is 15.8 Å². The topological polar surface area (TPSA) is 96.7 Å². The van der Waals surface area contributed by atoms with Crippen LogP contribution in [0, 0.1) is 24.7 Å². The Kier molecular flexibility index (Phi) is 5.81. The quantitative estimate of drug-likeness (QED) is 0.650. The molecule has 1 aromatic rings. The van der Waals surface area contributed by atoms with Crippen LogP contribution in [-0.4, -0.2) is 54.3 Å². The van der Waals surface area contributed by atoms with Crippen LogP contribution in [0.1, 0.15) is 50.7 Å². The highest BCUT2D eigenvalue weighted by Crippen LogP contribution is 2.55. The minimum atomic E-state index is -0.281. The fourth-order valence-electron chi connectivity index (χ4n) is 6.00. The van der Waals surface area contributed by atoms with E-state index in [1.807, 2.05) is 0 Å². The largest absolute Gasteiger partial charge is 0.385 e. The van der Waals surface area contributed by atoms with Gasteiger partial charge in [0, 0.05) is 31.9 Å². The molecule has 2 N–H and O–H groups in total. The molecule has 4 fully saturated rings. The Bertz CT molecular complexity index is 712. The SMILES string of the molecule is COCCCN(CC(=O)Nc1cc(C)on1)C(=O)NC12CC3CC(CC(C3)C1)C2. The van der Waals surface area contributed by atoms with Crippen molar-refractivity contribution in [2.45, 2.75) is 57.4 Å². The lowest BCUT2D eigenvalue weighted by Crippen LogP contribution is -2.62. The van der Waals surface area contributed by atoms with Crippen LogP contribution in [-0.2, 0) is 9.53 Å². The van der Waals surface area contributed by atoms with Gasteiger partial charge in [0.1, 0.15) is 12.3 Å². The van der Waals surface area contributed by atoms with Gasteiger partial charge in [0.15, 0.2) is 5.82 Å². The van der Waals surface area contributed by atoms with E-state index in [-0.39, 0.29) is 24.0 Å². The molecule has 0 aromatic carbocycles. The van der Waals surface area contributed by atoms with Crippen molar-refractivity contribution < 1.29 is 18.8 Å². The van der Waals surface area contributed by atoms with Gasteiger partial charge in [-0.05, 0) is 69.6 Å². The fourth-order valence-corrected chi connectivity index (χ4v) is 6.00. The van der Waals surface area contributed by atoms with E-state index in [1.54, 1.807) is 25.0 Å². The Balaban J connectivity index is 1.38. The number of hydrogen-bond donors (Lipinski definition) is 2. The van der Waals surface area contributed by atoms with Crippen molar-refractivity contribution in [3.63, 3.8) is 0 Å². The molecule has 3 amide bonds. The molecule has 0 spiro atoms. The van der Waals surface area contributed by atoms with Gasteiger partial charge in [-0.15, -0.1) is 0 Å². The zero-order valence-electron chi connectivity index (χ0n) is 17.4. The zero-order chi connectivity index (χ0) is 20.4. The smallest absolute Gasteiger partial charge is 0.318 e. The molecule has 8 nitrogen and oxygen atoms in total. The number of nitrogens with zero attached hydrogens (tertiary/aromatic N) is 2. The first-order valence-corrected chi connectivity index (χ1v) is 10.7. The summed E-state index contributed by atoms with van der Waals surface area (Å²) in [5, 5.41) is 9.84. The van der Waals surface area contributed by atoms with Crippen LogP contribution >= 0.6 is 0 Å². The first-order valence-electron chi connectivity index (χ1n) is 10.7. The molecule has 4 aliphatic carbocycles. The third kappa shape index (κ3) is 4.74. The van der Waals surface area contributed by atoms with Gasteiger partial charge in [-0.1, -0.05) is 5.16 Å². The van der Waals surface area contributed by atoms with Gasteiger partial charge in [0.05, 0.1) is 0 Å². The van der Waals surface area contributed by atoms with Gasteiger partial charge in [-0.2, -0.15) is 0 Å². The van der Waals surface area contributed by atoms with E-state index >= 15 is 0 Å². The van der Waals surface area contributed by atoms with Crippen LogP contribution in [0.25, 0.3) is 0 Å². The lowest BCUT2D eigenvalue weighted by Gasteiger charge is -2.57. The molecule has 0 unspecified atom stereocenters. The Morgan fingerprint density at radius 3 is 2.45 bits per heavy atom. The van der Waals surface area contributed by atoms with Gasteiger partial charge < -0.3 is 24.8 Å². The third-order valence-electron chi connectivity index (χ3n) is 6.70. The van der Waals surface area contributed by atoms with Crippen LogP contribution in [0.2, 0.25) is 0 Å². The van der Waals surface area contributed by atoms with Crippen LogP contribution in [0.15, 0.2) is 10.6 Å². The van der Waals surface area contributed by atoms with E-state index in [4.69, 9.17) is 9.26 Å². The average molecular weight is 405 g/mol. The maximum Gasteiger partial charge on any atom is 0.318 e. The summed E-state index contributed by atoms with van der Waals surface area (Å²) in [5.41, 5.74) is -0.0783. The maximum absolute atomic E-state index is 13.2. The Hall–Kier alpha value is -2.09. The summed E-state index contributed by atoms with van der Waals surface area (Å²) < 4.78 is 10.1. The first kappa shape index (κ1) is 20.2. The van der Waals surface area contributed by atoms with Crippen LogP contribution < -0.4 is 10.6 Å². The molecule has 1 aromatic heterocycles. The number of carbonyl (C=O) groups excluding carboxylic acids is 2. The molecule has 160 valence electrons. The molecular formula is C21H32N4O4. The third-order valence-corrected chi connectivity index (χ3v) is 6.70. The van der Waals surface area contributed by atoms with Crippen LogP contribution in [0.3, 0.4) is 0 Å². The lowest BCUT2D eigenvalue weighted by atomic mass is 9.53. The molecule has 1 heterocycles. The molecular weight excluding hydrogens is 372 g/mol. The molecule has 5 rings (SSSR count). The molecule has 8 heteroatoms. The summed E-state index contributed by atoms with van der Waals surface area (Å²) in [6.07, 6.45) is 7.91. The highest BCUT2D eigenvalue weighted by Gasteiger charge is 2.51. The van der Waals surface area contributed by atoms with E-state index in [9.17, 15) is 9.59 Å². The normalized spacial score (nSPS) is 29.7. The molecule has 0 radical (unpaired) electrons. The minimum Gasteiger partial charge on any atom is -0.385 e. The number of amides is 3. The second kappa shape index (κ2) is 8.34. The summed E-state index contributed by atoms with van der Waals surface area (Å²) in [6, 6.07) is 1.51. The van der Waals surface area contributed by atoms with Gasteiger partial charge in [0.25, 0.3) is 0 Å². The number of anilines is 1. The Morgan fingerprint density at radius 2 is 1.90 bits per heavy atom. The van der Waals surface area contributed by atoms with Crippen molar-refractivity contribution in [2.75, 3.05) is 32.1 Å². The molecule has 0 aliphatic heterocycles. The van der Waals surface area contributed by atoms with Gasteiger partial charge in [-0.3, -0.25) is 4.79 Å². The number of rotatable bonds is 8. The maximum atomic E-state index is 13.2. The summed E-state index contributed by atoms with van der Waals surface area (Å²) in [4.78, 5) is 27.3. The van der Waals surface area contributed by atoms with Crippen LogP contribution in [0.4, 0.5) is 10.6 Å². The minimum absolute atomic E-state index is 0.0200. The number of aryl methyl sites for hydroxylation is 1. The number of carbonyl (C=O) groups is 2. The summed E-state index contributed by atoms with van der Waals surface area (Å²) in [7, 11) is 1.64. The van der Waals surface area contributed by atoms with E-state index in [0.29, 0.717) is 31.2 Å². The van der Waals surface area contributed by atoms with E-state index < -0.39 is 0 Å². The molecule has 29 heavy (non-hydrogen) atoms. The molecule has 0 atom stereocenters. The van der Waals surface area contributed by atoms with Gasteiger partial charge in [-0.25, -0.2) is 4.79 Å². The monoisotopic (exact) mass is 404 g/mol. The lowest BCUT2D eigenvalue weighted by molar-refractivity contribution is -0.117. The van der Waals surface area contributed by atoms with Crippen molar-refractivity contribution in [1.29, 1.82) is 0 Å². The van der Waals surface area contributed by atoms with Crippen molar-refractivity contribution in [3.8, 4) is 0 Å². The number of aromatic nitrogens is 1. The second-order valence-electron chi connectivity index (χ2n) is 9.27. The van der Waals surface area contributed by atoms with Crippen LogP contribution in [0.5, 0.6) is 0 Å². The zero-order valence-corrected chi connectivity index (χ0v) is 17.4. The Morgan fingerprint density at radius 1 is 1.24 bits per heavy atom. The van der Waals surface area contributed by atoms with E-state index in [0.717, 1.165) is 37.0 Å². The average Bonchev–Trinajstić information content (AvgIpc) is 3.04. The highest BCUT2D eigenvalue weighted by atomic mass is 16.5. The second-order valence-corrected chi connectivity index (χ2v) is 9.27. The first-order chi connectivity index (χ1) is 13.9. The molecule has 4 saturated carbocycles. The van der Waals surface area contributed by atoms with Gasteiger partial charge in [0.2, 0.25) is 5.91 Å². The van der Waals surface area contributed by atoms with Gasteiger partial charge >= 0.3 is 6.03 Å². The van der Waals surface area contributed by atoms with Crippen molar-refractivity contribution in [2.24, 2.45) is 17.8 Å². The number of nitrogens with one attached hydrogen (secondary N) is 2. The molecule has 0 saturated heterocycles. The number of ether oxygens (including phenoxy) is 1. The highest BCUT2D eigenvalue weighted by molar-refractivity contribution is 5.93. The number of hydrogen-bond acceptors (Lipinski definition) is 5. The number of methoxy groups -OCH3 is 1. The van der Waals surface area contributed by atoms with Crippen molar-refractivity contribution >= 4 is 17.8 Å². The van der Waals surface area contributed by atoms with Crippen molar-refractivity contribution in [1.82, 2.24) is 15.4 Å². The number of urea groups is 1. The van der Waals surface area contributed by atoms with Crippen molar-refractivity contribution in [3.05, 3.63) is 11.8 Å². The predicted octanol–water partition coefficient (Wildman–Crippen LogP) is 2.94. The summed E-state index contributed by atoms with van der Waals surface area (Å²) in [5.74, 6) is 2.96. The summed E-state index contributed by atoms with van der Waals surface area (Å²) >= 11 is 0. The Labute approximate surface area is 171 Å². The predicted molar refractivity (Wildman–Crippen MR) is 107 cm³/mol. The fraction of sp³-hybridized carbons (Fsp3) is 0.762. The summed E-state index contributed by atoms with van der Waals surface area (Å²) in [6.45, 7) is 2.76. The molecule has 4 bridgehead atoms. The molecule has 4 aliphatic rings.